The molecule has 0 radical (unpaired) electrons. The van der Waals surface area contributed by atoms with Gasteiger partial charge in [-0.1, -0.05) is 0 Å². The number of sulfonamides is 1. The Labute approximate surface area is 167 Å². The van der Waals surface area contributed by atoms with Gasteiger partial charge >= 0.3 is 5.97 Å². The van der Waals surface area contributed by atoms with E-state index in [-0.39, 0.29) is 30.3 Å². The van der Waals surface area contributed by atoms with Gasteiger partial charge in [0.15, 0.2) is 0 Å². The molecule has 1 aromatic carbocycles. The standard InChI is InChI=1S/C17H21N3O8S/c1-2-26-8-9-28-17(21)12-19-29(24,25)14-5-6-15(16(10-14)20(22)23)18-11-13-4-3-7-27-13/h3-7,10,18-19H,2,8-9,11-12H2,1H3. The summed E-state index contributed by atoms with van der Waals surface area (Å²) in [5, 5.41) is 14.2. The van der Waals surface area contributed by atoms with Crippen molar-refractivity contribution < 1.29 is 32.0 Å². The number of rotatable bonds is 12. The number of furan rings is 1. The first-order chi connectivity index (χ1) is 13.8. The van der Waals surface area contributed by atoms with Gasteiger partial charge in [0.25, 0.3) is 5.69 Å². The summed E-state index contributed by atoms with van der Waals surface area (Å²) in [7, 11) is -4.15. The molecular weight excluding hydrogens is 406 g/mol. The second-order valence-corrected chi connectivity index (χ2v) is 7.38. The third kappa shape index (κ3) is 6.85. The minimum Gasteiger partial charge on any atom is -0.467 e. The van der Waals surface area contributed by atoms with Gasteiger partial charge in [0, 0.05) is 12.7 Å². The number of anilines is 1. The summed E-state index contributed by atoms with van der Waals surface area (Å²) in [6.45, 7) is 2.03. The zero-order chi connectivity index (χ0) is 21.3. The summed E-state index contributed by atoms with van der Waals surface area (Å²) in [6, 6.07) is 6.74. The first-order valence-corrected chi connectivity index (χ1v) is 10.1. The quantitative estimate of drug-likeness (QED) is 0.223. The lowest BCUT2D eigenvalue weighted by Gasteiger charge is -2.10. The Hall–Kier alpha value is -2.96. The summed E-state index contributed by atoms with van der Waals surface area (Å²) in [6.07, 6.45) is 1.47. The number of nitrogens with zero attached hydrogens (tertiary/aromatic N) is 1. The Kier molecular flexibility index (Phi) is 8.12. The van der Waals surface area contributed by atoms with Gasteiger partial charge < -0.3 is 19.2 Å². The molecule has 1 heterocycles. The van der Waals surface area contributed by atoms with Crippen molar-refractivity contribution in [1.82, 2.24) is 4.72 Å². The summed E-state index contributed by atoms with van der Waals surface area (Å²) in [5.74, 6) is -0.236. The Bertz CT molecular complexity index is 928. The fourth-order valence-corrected chi connectivity index (χ4v) is 3.21. The minimum atomic E-state index is -4.15. The maximum atomic E-state index is 12.3. The van der Waals surface area contributed by atoms with Crippen molar-refractivity contribution in [2.24, 2.45) is 0 Å². The maximum Gasteiger partial charge on any atom is 0.321 e. The lowest BCUT2D eigenvalue weighted by atomic mass is 10.2. The van der Waals surface area contributed by atoms with Crippen LogP contribution in [-0.4, -0.2) is 45.7 Å². The monoisotopic (exact) mass is 427 g/mol. The second-order valence-electron chi connectivity index (χ2n) is 5.61. The van der Waals surface area contributed by atoms with Crippen molar-refractivity contribution >= 4 is 27.4 Å². The Balaban J connectivity index is 2.03. The average molecular weight is 427 g/mol. The molecule has 0 bridgehead atoms. The topological polar surface area (TPSA) is 150 Å². The fourth-order valence-electron chi connectivity index (χ4n) is 2.22. The van der Waals surface area contributed by atoms with Crippen molar-refractivity contribution in [3.8, 4) is 0 Å². The number of carbonyl (C=O) groups excluding carboxylic acids is 1. The van der Waals surface area contributed by atoms with Gasteiger partial charge in [-0.3, -0.25) is 14.9 Å². The summed E-state index contributed by atoms with van der Waals surface area (Å²) in [4.78, 5) is 21.9. The molecule has 2 aromatic rings. The molecular formula is C17H21N3O8S. The van der Waals surface area contributed by atoms with E-state index >= 15 is 0 Å². The number of carbonyl (C=O) groups is 1. The van der Waals surface area contributed by atoms with E-state index in [0.717, 1.165) is 6.07 Å². The van der Waals surface area contributed by atoms with Crippen molar-refractivity contribution in [2.75, 3.05) is 31.7 Å². The summed E-state index contributed by atoms with van der Waals surface area (Å²) >= 11 is 0. The number of ether oxygens (including phenoxy) is 2. The molecule has 11 nitrogen and oxygen atoms in total. The number of hydrogen-bond donors (Lipinski definition) is 2. The van der Waals surface area contributed by atoms with Crippen LogP contribution in [0, 0.1) is 10.1 Å². The van der Waals surface area contributed by atoms with Crippen LogP contribution < -0.4 is 10.0 Å². The molecule has 0 aliphatic rings. The summed E-state index contributed by atoms with van der Waals surface area (Å²) < 4.78 is 41.7. The van der Waals surface area contributed by atoms with E-state index in [1.807, 2.05) is 0 Å². The molecule has 0 fully saturated rings. The van der Waals surface area contributed by atoms with Crippen LogP contribution >= 0.6 is 0 Å². The number of esters is 1. The van der Waals surface area contributed by atoms with Gasteiger partial charge in [0.05, 0.1) is 29.2 Å². The van der Waals surface area contributed by atoms with Crippen LogP contribution in [0.15, 0.2) is 45.9 Å². The number of nitro groups is 1. The third-order valence-corrected chi connectivity index (χ3v) is 5.01. The van der Waals surface area contributed by atoms with Crippen molar-refractivity contribution in [3.63, 3.8) is 0 Å². The number of nitro benzene ring substituents is 1. The average Bonchev–Trinajstić information content (AvgIpc) is 3.21. The minimum absolute atomic E-state index is 0.00406. The van der Waals surface area contributed by atoms with Crippen LogP contribution in [-0.2, 0) is 30.8 Å². The lowest BCUT2D eigenvalue weighted by molar-refractivity contribution is -0.384. The molecule has 0 aliphatic carbocycles. The van der Waals surface area contributed by atoms with E-state index in [2.05, 4.69) is 10.0 Å². The molecule has 0 spiro atoms. The molecule has 158 valence electrons. The number of benzene rings is 1. The van der Waals surface area contributed by atoms with Gasteiger partial charge in [-0.25, -0.2) is 8.42 Å². The van der Waals surface area contributed by atoms with Crippen LogP contribution in [0.5, 0.6) is 0 Å². The predicted molar refractivity (Wildman–Crippen MR) is 102 cm³/mol. The highest BCUT2D eigenvalue weighted by atomic mass is 32.2. The van der Waals surface area contributed by atoms with E-state index < -0.39 is 33.1 Å². The summed E-state index contributed by atoms with van der Waals surface area (Å²) in [5.41, 5.74) is -0.306. The first-order valence-electron chi connectivity index (χ1n) is 8.61. The highest BCUT2D eigenvalue weighted by Gasteiger charge is 2.22. The van der Waals surface area contributed by atoms with E-state index in [9.17, 15) is 23.3 Å². The van der Waals surface area contributed by atoms with Crippen LogP contribution in [0.2, 0.25) is 0 Å². The molecule has 29 heavy (non-hydrogen) atoms. The van der Waals surface area contributed by atoms with Crippen molar-refractivity contribution in [2.45, 2.75) is 18.4 Å². The zero-order valence-corrected chi connectivity index (χ0v) is 16.4. The lowest BCUT2D eigenvalue weighted by Crippen LogP contribution is -2.31. The fraction of sp³-hybridized carbons (Fsp3) is 0.353. The molecule has 12 heteroatoms. The molecule has 2 rings (SSSR count). The largest absolute Gasteiger partial charge is 0.467 e. The highest BCUT2D eigenvalue weighted by molar-refractivity contribution is 7.89. The molecule has 1 aromatic heterocycles. The van der Waals surface area contributed by atoms with Gasteiger partial charge in [-0.2, -0.15) is 4.72 Å². The SMILES string of the molecule is CCOCCOC(=O)CNS(=O)(=O)c1ccc(NCc2ccco2)c([N+](=O)[O-])c1. The number of hydrogen-bond acceptors (Lipinski definition) is 9. The van der Waals surface area contributed by atoms with E-state index in [4.69, 9.17) is 13.9 Å². The van der Waals surface area contributed by atoms with Gasteiger partial charge in [-0.05, 0) is 31.2 Å². The second kappa shape index (κ2) is 10.5. The molecule has 0 aliphatic heterocycles. The van der Waals surface area contributed by atoms with Crippen LogP contribution in [0.25, 0.3) is 0 Å². The smallest absolute Gasteiger partial charge is 0.321 e. The van der Waals surface area contributed by atoms with Gasteiger partial charge in [0.1, 0.15) is 24.6 Å². The van der Waals surface area contributed by atoms with Crippen molar-refractivity contribution in [3.05, 3.63) is 52.5 Å². The normalized spacial score (nSPS) is 11.2. The zero-order valence-electron chi connectivity index (χ0n) is 15.6. The Morgan fingerprint density at radius 3 is 2.72 bits per heavy atom. The molecule has 0 amide bonds. The Morgan fingerprint density at radius 2 is 2.07 bits per heavy atom. The van der Waals surface area contributed by atoms with Gasteiger partial charge in [-0.15, -0.1) is 0 Å². The predicted octanol–water partition coefficient (Wildman–Crippen LogP) is 1.66. The van der Waals surface area contributed by atoms with Crippen LogP contribution in [0.4, 0.5) is 11.4 Å². The molecule has 0 saturated heterocycles. The molecule has 0 unspecified atom stereocenters. The molecule has 2 N–H and O–H groups in total. The van der Waals surface area contributed by atoms with Gasteiger partial charge in [0.2, 0.25) is 10.0 Å². The number of nitrogens with one attached hydrogen (secondary N) is 2. The molecule has 0 saturated carbocycles. The van der Waals surface area contributed by atoms with E-state index in [1.165, 1.54) is 18.4 Å². The van der Waals surface area contributed by atoms with Crippen LogP contribution in [0.3, 0.4) is 0 Å². The van der Waals surface area contributed by atoms with E-state index in [0.29, 0.717) is 12.4 Å². The first kappa shape index (κ1) is 22.3. The third-order valence-electron chi connectivity index (χ3n) is 3.61. The maximum absolute atomic E-state index is 12.3. The molecule has 0 atom stereocenters. The Morgan fingerprint density at radius 1 is 1.28 bits per heavy atom. The van der Waals surface area contributed by atoms with Crippen molar-refractivity contribution in [1.29, 1.82) is 0 Å². The van der Waals surface area contributed by atoms with Crippen LogP contribution in [0.1, 0.15) is 12.7 Å². The van der Waals surface area contributed by atoms with E-state index in [1.54, 1.807) is 19.1 Å². The highest BCUT2D eigenvalue weighted by Crippen LogP contribution is 2.28.